The van der Waals surface area contributed by atoms with Gasteiger partial charge in [-0.25, -0.2) is 4.98 Å². The molecule has 4 nitrogen and oxygen atoms in total. The lowest BCUT2D eigenvalue weighted by Gasteiger charge is -2.06. The predicted octanol–water partition coefficient (Wildman–Crippen LogP) is 5.84. The summed E-state index contributed by atoms with van der Waals surface area (Å²) in [5.41, 5.74) is 2.46. The average Bonchev–Trinajstić information content (AvgIpc) is 3.14. The van der Waals surface area contributed by atoms with Crippen molar-refractivity contribution >= 4 is 0 Å². The van der Waals surface area contributed by atoms with E-state index < -0.39 is 11.7 Å². The number of halogens is 3. The van der Waals surface area contributed by atoms with Crippen molar-refractivity contribution in [2.45, 2.75) is 6.18 Å². The van der Waals surface area contributed by atoms with Crippen molar-refractivity contribution in [3.8, 4) is 45.4 Å². The van der Waals surface area contributed by atoms with Gasteiger partial charge in [-0.2, -0.15) is 13.2 Å². The van der Waals surface area contributed by atoms with Gasteiger partial charge in [-0.15, -0.1) is 0 Å². The van der Waals surface area contributed by atoms with E-state index in [0.717, 1.165) is 23.3 Å². The summed E-state index contributed by atoms with van der Waals surface area (Å²) in [5, 5.41) is 19.1. The summed E-state index contributed by atoms with van der Waals surface area (Å²) in [4.78, 5) is 7.76. The highest BCUT2D eigenvalue weighted by atomic mass is 19.4. The first-order valence-electron chi connectivity index (χ1n) is 8.68. The highest BCUT2D eigenvalue weighted by molar-refractivity contribution is 5.81. The SMILES string of the molecule is Oc1ccc(-c2nc(-c3ccc(C(F)(F)F)cc3)[nH]c2-c2ccc(O)cc2)cc1. The van der Waals surface area contributed by atoms with E-state index in [4.69, 9.17) is 0 Å². The topological polar surface area (TPSA) is 69.1 Å². The second-order valence-electron chi connectivity index (χ2n) is 6.48. The number of aromatic nitrogens is 2. The Labute approximate surface area is 163 Å². The Balaban J connectivity index is 1.83. The molecule has 0 aliphatic rings. The molecule has 4 aromatic rings. The maximum atomic E-state index is 12.8. The molecule has 29 heavy (non-hydrogen) atoms. The first-order chi connectivity index (χ1) is 13.8. The van der Waals surface area contributed by atoms with E-state index in [9.17, 15) is 23.4 Å². The number of benzene rings is 3. The van der Waals surface area contributed by atoms with Crippen LogP contribution in [0, 0.1) is 0 Å². The van der Waals surface area contributed by atoms with Gasteiger partial charge in [0.2, 0.25) is 0 Å². The summed E-state index contributed by atoms with van der Waals surface area (Å²) in [6.45, 7) is 0. The van der Waals surface area contributed by atoms with Crippen molar-refractivity contribution in [3.05, 3.63) is 78.4 Å². The first-order valence-corrected chi connectivity index (χ1v) is 8.68. The predicted molar refractivity (Wildman–Crippen MR) is 103 cm³/mol. The van der Waals surface area contributed by atoms with Crippen LogP contribution in [0.25, 0.3) is 33.9 Å². The lowest BCUT2D eigenvalue weighted by atomic mass is 10.0. The maximum absolute atomic E-state index is 12.8. The zero-order chi connectivity index (χ0) is 20.6. The van der Waals surface area contributed by atoms with E-state index in [0.29, 0.717) is 22.8 Å². The van der Waals surface area contributed by atoms with Crippen molar-refractivity contribution < 1.29 is 23.4 Å². The highest BCUT2D eigenvalue weighted by Crippen LogP contribution is 2.35. The molecule has 0 aliphatic carbocycles. The van der Waals surface area contributed by atoms with Crippen LogP contribution >= 0.6 is 0 Å². The molecule has 0 saturated heterocycles. The van der Waals surface area contributed by atoms with Gasteiger partial charge in [0.1, 0.15) is 17.3 Å². The average molecular weight is 396 g/mol. The molecule has 0 fully saturated rings. The molecule has 1 aromatic heterocycles. The van der Waals surface area contributed by atoms with Crippen LogP contribution in [-0.2, 0) is 6.18 Å². The van der Waals surface area contributed by atoms with Crippen LogP contribution in [0.1, 0.15) is 5.56 Å². The van der Waals surface area contributed by atoms with Gasteiger partial charge >= 0.3 is 6.18 Å². The number of alkyl halides is 3. The number of imidazole rings is 1. The van der Waals surface area contributed by atoms with Gasteiger partial charge in [-0.1, -0.05) is 12.1 Å². The molecule has 3 N–H and O–H groups in total. The number of nitrogens with zero attached hydrogens (tertiary/aromatic N) is 1. The minimum absolute atomic E-state index is 0.110. The monoisotopic (exact) mass is 396 g/mol. The molecule has 0 aliphatic heterocycles. The van der Waals surface area contributed by atoms with Crippen LogP contribution in [-0.4, -0.2) is 20.2 Å². The molecule has 1 heterocycles. The van der Waals surface area contributed by atoms with Gasteiger partial charge < -0.3 is 15.2 Å². The Morgan fingerprint density at radius 3 is 1.66 bits per heavy atom. The van der Waals surface area contributed by atoms with Gasteiger partial charge in [0, 0.05) is 16.7 Å². The van der Waals surface area contributed by atoms with Crippen molar-refractivity contribution in [2.75, 3.05) is 0 Å². The molecule has 0 atom stereocenters. The molecule has 0 bridgehead atoms. The van der Waals surface area contributed by atoms with Crippen LogP contribution < -0.4 is 0 Å². The summed E-state index contributed by atoms with van der Waals surface area (Å²) >= 11 is 0. The summed E-state index contributed by atoms with van der Waals surface area (Å²) in [6.07, 6.45) is -4.41. The summed E-state index contributed by atoms with van der Waals surface area (Å²) in [5.74, 6) is 0.630. The van der Waals surface area contributed by atoms with Crippen LogP contribution in [0.4, 0.5) is 13.2 Å². The summed E-state index contributed by atoms with van der Waals surface area (Å²) < 4.78 is 38.5. The smallest absolute Gasteiger partial charge is 0.416 e. The third-order valence-electron chi connectivity index (χ3n) is 4.49. The normalized spacial score (nSPS) is 11.6. The van der Waals surface area contributed by atoms with E-state index in [-0.39, 0.29) is 11.5 Å². The van der Waals surface area contributed by atoms with Gasteiger partial charge in [0.05, 0.1) is 17.0 Å². The Kier molecular flexibility index (Phi) is 4.50. The van der Waals surface area contributed by atoms with Crippen molar-refractivity contribution in [2.24, 2.45) is 0 Å². The standard InChI is InChI=1S/C22H15F3N2O2/c23-22(24,25)16-7-1-15(2-8-16)21-26-19(13-3-9-17(28)10-4-13)20(27-21)14-5-11-18(29)12-6-14/h1-12,28-29H,(H,26,27). The van der Waals surface area contributed by atoms with E-state index in [1.54, 1.807) is 24.3 Å². The lowest BCUT2D eigenvalue weighted by Crippen LogP contribution is -2.04. The Morgan fingerprint density at radius 1 is 0.655 bits per heavy atom. The third kappa shape index (κ3) is 3.80. The second kappa shape index (κ2) is 7.01. The quantitative estimate of drug-likeness (QED) is 0.407. The largest absolute Gasteiger partial charge is 0.508 e. The van der Waals surface area contributed by atoms with E-state index >= 15 is 0 Å². The number of H-pyrrole nitrogens is 1. The summed E-state index contributed by atoms with van der Waals surface area (Å²) in [6, 6.07) is 17.7. The maximum Gasteiger partial charge on any atom is 0.416 e. The Bertz CT molecular complexity index is 1070. The minimum atomic E-state index is -4.41. The van der Waals surface area contributed by atoms with Gasteiger partial charge in [-0.3, -0.25) is 0 Å². The molecular formula is C22H15F3N2O2. The van der Waals surface area contributed by atoms with Crippen LogP contribution in [0.3, 0.4) is 0 Å². The molecule has 0 radical (unpaired) electrons. The Hall–Kier alpha value is -3.74. The summed E-state index contributed by atoms with van der Waals surface area (Å²) in [7, 11) is 0. The second-order valence-corrected chi connectivity index (χ2v) is 6.48. The van der Waals surface area contributed by atoms with Crippen molar-refractivity contribution in [1.29, 1.82) is 0 Å². The number of nitrogens with one attached hydrogen (secondary N) is 1. The number of phenols is 2. The molecule has 0 saturated carbocycles. The molecule has 7 heteroatoms. The number of aromatic hydroxyl groups is 2. The number of hydrogen-bond acceptors (Lipinski definition) is 3. The van der Waals surface area contributed by atoms with E-state index in [1.165, 1.54) is 36.4 Å². The third-order valence-corrected chi connectivity index (χ3v) is 4.49. The van der Waals surface area contributed by atoms with Gasteiger partial charge in [-0.05, 0) is 60.7 Å². The molecule has 3 aromatic carbocycles. The first kappa shape index (κ1) is 18.6. The fourth-order valence-corrected chi connectivity index (χ4v) is 2.99. The molecule has 0 unspecified atom stereocenters. The molecule has 146 valence electrons. The molecular weight excluding hydrogens is 381 g/mol. The zero-order valence-electron chi connectivity index (χ0n) is 14.9. The van der Waals surface area contributed by atoms with E-state index in [2.05, 4.69) is 9.97 Å². The molecule has 4 rings (SSSR count). The van der Waals surface area contributed by atoms with Crippen molar-refractivity contribution in [1.82, 2.24) is 9.97 Å². The fourth-order valence-electron chi connectivity index (χ4n) is 2.99. The lowest BCUT2D eigenvalue weighted by molar-refractivity contribution is -0.137. The van der Waals surface area contributed by atoms with E-state index in [1.807, 2.05) is 0 Å². The minimum Gasteiger partial charge on any atom is -0.508 e. The number of hydrogen-bond donors (Lipinski definition) is 3. The number of phenolic OH excluding ortho intramolecular Hbond substituents is 2. The zero-order valence-corrected chi connectivity index (χ0v) is 14.9. The van der Waals surface area contributed by atoms with Crippen LogP contribution in [0.5, 0.6) is 11.5 Å². The number of aromatic amines is 1. The highest BCUT2D eigenvalue weighted by Gasteiger charge is 2.30. The fraction of sp³-hybridized carbons (Fsp3) is 0.0455. The Morgan fingerprint density at radius 2 is 1.14 bits per heavy atom. The van der Waals surface area contributed by atoms with Gasteiger partial charge in [0.15, 0.2) is 0 Å². The van der Waals surface area contributed by atoms with Crippen molar-refractivity contribution in [3.63, 3.8) is 0 Å². The molecule has 0 spiro atoms. The number of rotatable bonds is 3. The molecule has 0 amide bonds. The van der Waals surface area contributed by atoms with Gasteiger partial charge in [0.25, 0.3) is 0 Å². The van der Waals surface area contributed by atoms with Crippen LogP contribution in [0.2, 0.25) is 0 Å². The van der Waals surface area contributed by atoms with Crippen LogP contribution in [0.15, 0.2) is 72.8 Å².